The third kappa shape index (κ3) is 5.99. The summed E-state index contributed by atoms with van der Waals surface area (Å²) in [6.07, 6.45) is 0. The van der Waals surface area contributed by atoms with E-state index in [9.17, 15) is 4.21 Å². The molecule has 0 amide bonds. The van der Waals surface area contributed by atoms with Crippen molar-refractivity contribution in [3.8, 4) is 0 Å². The number of hydrogen-bond donors (Lipinski definition) is 4. The molecule has 0 spiro atoms. The van der Waals surface area contributed by atoms with Crippen LogP contribution in [-0.4, -0.2) is 21.9 Å². The van der Waals surface area contributed by atoms with Gasteiger partial charge in [-0.15, -0.1) is 0 Å². The molecule has 6 heteroatoms. The fourth-order valence-electron chi connectivity index (χ4n) is 0.185. The van der Waals surface area contributed by atoms with Crippen molar-refractivity contribution >= 4 is 11.3 Å². The topological polar surface area (TPSA) is 87.4 Å². The zero-order chi connectivity index (χ0) is 6.41. The van der Waals surface area contributed by atoms with Crippen LogP contribution in [0, 0.1) is 0 Å². The molecule has 0 fully saturated rings. The minimum atomic E-state index is -1.98. The molecule has 0 saturated heterocycles. The fourth-order valence-corrected chi connectivity index (χ4v) is 0.410. The summed E-state index contributed by atoms with van der Waals surface area (Å²) in [6, 6.07) is 0. The van der Waals surface area contributed by atoms with Crippen LogP contribution < -0.4 is 16.0 Å². The molecule has 0 rings (SSSR count). The van der Waals surface area contributed by atoms with Gasteiger partial charge in [-0.3, -0.25) is 4.55 Å². The minimum absolute atomic E-state index is 0.435. The second kappa shape index (κ2) is 5.13. The predicted molar refractivity (Wildman–Crippen MR) is 31.0 cm³/mol. The number of nitrogens with two attached hydrogens (primary N) is 1. The van der Waals surface area contributed by atoms with Gasteiger partial charge in [0.15, 0.2) is 0 Å². The lowest BCUT2D eigenvalue weighted by Crippen LogP contribution is -2.36. The average molecular weight is 139 g/mol. The Kier molecular flexibility index (Phi) is 5.13. The van der Waals surface area contributed by atoms with E-state index in [1.165, 1.54) is 0 Å². The second-order valence-corrected chi connectivity index (χ2v) is 1.77. The minimum Gasteiger partial charge on any atom is -0.329 e. The Balaban J connectivity index is 2.82. The molecule has 5 nitrogen and oxygen atoms in total. The highest BCUT2D eigenvalue weighted by atomic mass is 32.2. The van der Waals surface area contributed by atoms with Crippen LogP contribution in [0.3, 0.4) is 0 Å². The molecule has 0 heterocycles. The van der Waals surface area contributed by atoms with Gasteiger partial charge >= 0.3 is 0 Å². The summed E-state index contributed by atoms with van der Waals surface area (Å²) in [7, 11) is 0. The average Bonchev–Trinajstić information content (AvgIpc) is 1.66. The maximum Gasteiger partial charge on any atom is 0.245 e. The Hall–Kier alpha value is -0.0100. The van der Waals surface area contributed by atoms with Crippen LogP contribution in [0.5, 0.6) is 0 Å². The van der Waals surface area contributed by atoms with Crippen molar-refractivity contribution in [2.45, 2.75) is 0 Å². The van der Waals surface area contributed by atoms with E-state index in [1.807, 2.05) is 4.83 Å². The lowest BCUT2D eigenvalue weighted by Gasteiger charge is -1.97. The van der Waals surface area contributed by atoms with Crippen molar-refractivity contribution in [1.29, 1.82) is 0 Å². The standard InChI is InChI=1S/C2H9N3O2S/c3-1-2-4-5-8(6)7/h4-5H,1-3H2,(H,6,7). The first-order chi connectivity index (χ1) is 3.77. The number of hydrogen-bond acceptors (Lipinski definition) is 3. The van der Waals surface area contributed by atoms with Crippen molar-refractivity contribution in [2.24, 2.45) is 5.73 Å². The molecule has 0 aliphatic heterocycles. The molecule has 50 valence electrons. The lowest BCUT2D eigenvalue weighted by molar-refractivity contribution is 0.528. The number of nitrogens with one attached hydrogen (secondary N) is 2. The maximum atomic E-state index is 9.77. The molecule has 0 bridgehead atoms. The van der Waals surface area contributed by atoms with Crippen LogP contribution in [-0.2, 0) is 11.3 Å². The first-order valence-corrected chi connectivity index (χ1v) is 3.17. The highest BCUT2D eigenvalue weighted by Crippen LogP contribution is 1.53. The van der Waals surface area contributed by atoms with Crippen LogP contribution in [0.4, 0.5) is 0 Å². The van der Waals surface area contributed by atoms with Gasteiger partial charge < -0.3 is 5.73 Å². The van der Waals surface area contributed by atoms with E-state index in [2.05, 4.69) is 5.43 Å². The molecule has 5 N–H and O–H groups in total. The zero-order valence-electron chi connectivity index (χ0n) is 4.26. The summed E-state index contributed by atoms with van der Waals surface area (Å²) < 4.78 is 17.8. The van der Waals surface area contributed by atoms with Gasteiger partial charge in [0.1, 0.15) is 0 Å². The molecule has 0 aromatic heterocycles. The summed E-state index contributed by atoms with van der Waals surface area (Å²) in [4.78, 5) is 2.04. The smallest absolute Gasteiger partial charge is 0.245 e. The van der Waals surface area contributed by atoms with Gasteiger partial charge in [0, 0.05) is 13.1 Å². The summed E-state index contributed by atoms with van der Waals surface area (Å²) in [5, 5.41) is 0. The normalized spacial score (nSPS) is 13.8. The Labute approximate surface area is 50.0 Å². The maximum absolute atomic E-state index is 9.77. The fraction of sp³-hybridized carbons (Fsp3) is 1.00. The van der Waals surface area contributed by atoms with Gasteiger partial charge in [0.2, 0.25) is 11.3 Å². The van der Waals surface area contributed by atoms with E-state index in [1.54, 1.807) is 0 Å². The number of rotatable bonds is 4. The molecule has 0 aliphatic carbocycles. The zero-order valence-corrected chi connectivity index (χ0v) is 5.07. The monoisotopic (exact) mass is 139 g/mol. The van der Waals surface area contributed by atoms with E-state index in [-0.39, 0.29) is 0 Å². The Morgan fingerprint density at radius 3 is 2.75 bits per heavy atom. The Bertz CT molecular complexity index is 77.7. The van der Waals surface area contributed by atoms with Gasteiger partial charge in [-0.2, -0.15) is 4.83 Å². The van der Waals surface area contributed by atoms with Gasteiger partial charge in [-0.25, -0.2) is 9.63 Å². The van der Waals surface area contributed by atoms with Crippen LogP contribution in [0.25, 0.3) is 0 Å². The Morgan fingerprint density at radius 1 is 1.75 bits per heavy atom. The predicted octanol–water partition coefficient (Wildman–Crippen LogP) is -1.82. The molecule has 0 aromatic rings. The molecule has 8 heavy (non-hydrogen) atoms. The van der Waals surface area contributed by atoms with Gasteiger partial charge in [0.05, 0.1) is 0 Å². The van der Waals surface area contributed by atoms with Crippen molar-refractivity contribution in [3.63, 3.8) is 0 Å². The molecule has 0 aliphatic rings. The molecular weight excluding hydrogens is 130 g/mol. The highest BCUT2D eigenvalue weighted by Gasteiger charge is 1.84. The van der Waals surface area contributed by atoms with E-state index >= 15 is 0 Å². The summed E-state index contributed by atoms with van der Waals surface area (Å²) >= 11 is -1.98. The molecular formula is C2H9N3O2S. The third-order valence-electron chi connectivity index (χ3n) is 0.429. The first kappa shape index (κ1) is 7.99. The largest absolute Gasteiger partial charge is 0.329 e. The molecule has 0 saturated carbocycles. The molecule has 0 radical (unpaired) electrons. The highest BCUT2D eigenvalue weighted by molar-refractivity contribution is 7.77. The quantitative estimate of drug-likeness (QED) is 0.210. The van der Waals surface area contributed by atoms with Crippen molar-refractivity contribution in [1.82, 2.24) is 10.3 Å². The van der Waals surface area contributed by atoms with Crippen molar-refractivity contribution < 1.29 is 8.76 Å². The summed E-state index contributed by atoms with van der Waals surface area (Å²) in [5.41, 5.74) is 7.44. The molecule has 1 atom stereocenters. The van der Waals surface area contributed by atoms with Crippen LogP contribution in [0.1, 0.15) is 0 Å². The van der Waals surface area contributed by atoms with E-state index in [0.717, 1.165) is 0 Å². The Morgan fingerprint density at radius 2 is 2.38 bits per heavy atom. The van der Waals surface area contributed by atoms with Gasteiger partial charge in [-0.05, 0) is 0 Å². The number of hydrazine groups is 1. The van der Waals surface area contributed by atoms with E-state index in [4.69, 9.17) is 10.3 Å². The second-order valence-electron chi connectivity index (χ2n) is 1.07. The van der Waals surface area contributed by atoms with Gasteiger partial charge in [-0.1, -0.05) is 0 Å². The van der Waals surface area contributed by atoms with E-state index < -0.39 is 11.3 Å². The first-order valence-electron chi connectivity index (χ1n) is 2.07. The lowest BCUT2D eigenvalue weighted by atomic mass is 10.7. The van der Waals surface area contributed by atoms with Crippen molar-refractivity contribution in [3.05, 3.63) is 0 Å². The molecule has 1 unspecified atom stereocenters. The van der Waals surface area contributed by atoms with Gasteiger partial charge in [0.25, 0.3) is 0 Å². The summed E-state index contributed by atoms with van der Waals surface area (Å²) in [5.74, 6) is 0. The van der Waals surface area contributed by atoms with Crippen LogP contribution in [0.2, 0.25) is 0 Å². The van der Waals surface area contributed by atoms with E-state index in [0.29, 0.717) is 13.1 Å². The summed E-state index contributed by atoms with van der Waals surface area (Å²) in [6.45, 7) is 0.913. The van der Waals surface area contributed by atoms with Crippen LogP contribution >= 0.6 is 0 Å². The SMILES string of the molecule is NCCNNS(=O)O. The van der Waals surface area contributed by atoms with Crippen LogP contribution in [0.15, 0.2) is 0 Å². The van der Waals surface area contributed by atoms with Crippen molar-refractivity contribution in [2.75, 3.05) is 13.1 Å². The molecule has 0 aromatic carbocycles. The third-order valence-corrected chi connectivity index (χ3v) is 0.748.